The highest BCUT2D eigenvalue weighted by molar-refractivity contribution is 6.48. The van der Waals surface area contributed by atoms with Crippen LogP contribution in [-0.2, 0) is 27.5 Å². The standard InChI is InChI=1S/C19H22Cl4O3/c1-9(2)6-12-13(19(12,3)4)18(24)26-8-11-16(22)14(20)10(7-25-5)15(21)17(11)23/h6,12-13H,7-8H2,1-5H3/t12-,13+/m1/s1. The van der Waals surface area contributed by atoms with Crippen LogP contribution in [-0.4, -0.2) is 13.1 Å². The molecule has 0 heterocycles. The Balaban J connectivity index is 2.18. The number of methoxy groups -OCH3 is 1. The summed E-state index contributed by atoms with van der Waals surface area (Å²) in [7, 11) is 1.52. The van der Waals surface area contributed by atoms with Gasteiger partial charge in [-0.1, -0.05) is 71.9 Å². The fourth-order valence-electron chi connectivity index (χ4n) is 3.15. The summed E-state index contributed by atoms with van der Waals surface area (Å²) in [6, 6.07) is 0. The summed E-state index contributed by atoms with van der Waals surface area (Å²) in [6.07, 6.45) is 2.11. The lowest BCUT2D eigenvalue weighted by Gasteiger charge is -2.15. The topological polar surface area (TPSA) is 35.5 Å². The Morgan fingerprint density at radius 2 is 1.46 bits per heavy atom. The quantitative estimate of drug-likeness (QED) is 0.280. The first-order valence-corrected chi connectivity index (χ1v) is 9.69. The Morgan fingerprint density at radius 3 is 1.88 bits per heavy atom. The highest BCUT2D eigenvalue weighted by atomic mass is 35.5. The molecule has 0 bridgehead atoms. The van der Waals surface area contributed by atoms with E-state index in [0.29, 0.717) is 11.1 Å². The minimum atomic E-state index is -0.280. The summed E-state index contributed by atoms with van der Waals surface area (Å²) in [4.78, 5) is 12.5. The van der Waals surface area contributed by atoms with Crippen molar-refractivity contribution in [2.45, 2.75) is 40.9 Å². The Morgan fingerprint density at radius 1 is 1.00 bits per heavy atom. The molecular weight excluding hydrogens is 418 g/mol. The van der Waals surface area contributed by atoms with Crippen molar-refractivity contribution in [3.63, 3.8) is 0 Å². The number of esters is 1. The molecule has 7 heteroatoms. The third-order valence-corrected chi connectivity index (χ3v) is 6.63. The average molecular weight is 440 g/mol. The molecule has 1 aliphatic carbocycles. The zero-order valence-corrected chi connectivity index (χ0v) is 18.4. The number of carbonyl (C=O) groups is 1. The zero-order chi connectivity index (χ0) is 19.8. The molecule has 1 aromatic carbocycles. The predicted octanol–water partition coefficient (Wildman–Crippen LogP) is 6.73. The number of hydrogen-bond donors (Lipinski definition) is 0. The Bertz CT molecular complexity index is 723. The van der Waals surface area contributed by atoms with Crippen LogP contribution in [0.25, 0.3) is 0 Å². The molecule has 2 rings (SSSR count). The van der Waals surface area contributed by atoms with Gasteiger partial charge >= 0.3 is 5.97 Å². The maximum atomic E-state index is 12.5. The number of carbonyl (C=O) groups excluding carboxylic acids is 1. The summed E-state index contributed by atoms with van der Waals surface area (Å²) in [5.41, 5.74) is 1.96. The van der Waals surface area contributed by atoms with Crippen LogP contribution in [0.1, 0.15) is 38.8 Å². The van der Waals surface area contributed by atoms with Gasteiger partial charge in [-0.15, -0.1) is 0 Å². The van der Waals surface area contributed by atoms with Crippen molar-refractivity contribution < 1.29 is 14.3 Å². The lowest BCUT2D eigenvalue weighted by molar-refractivity contribution is -0.147. The molecule has 1 aromatic rings. The smallest absolute Gasteiger partial charge is 0.310 e. The van der Waals surface area contributed by atoms with Gasteiger partial charge in [0, 0.05) is 18.2 Å². The maximum absolute atomic E-state index is 12.5. The summed E-state index contributed by atoms with van der Waals surface area (Å²) >= 11 is 25.2. The molecular formula is C19H22Cl4O3. The highest BCUT2D eigenvalue weighted by Gasteiger charge is 2.61. The van der Waals surface area contributed by atoms with Crippen molar-refractivity contribution in [2.75, 3.05) is 7.11 Å². The maximum Gasteiger partial charge on any atom is 0.310 e. The molecule has 0 aromatic heterocycles. The largest absolute Gasteiger partial charge is 0.460 e. The minimum absolute atomic E-state index is 0.0860. The van der Waals surface area contributed by atoms with Crippen LogP contribution in [0.5, 0.6) is 0 Å². The Labute approximate surface area is 174 Å². The van der Waals surface area contributed by atoms with E-state index in [1.54, 1.807) is 0 Å². The van der Waals surface area contributed by atoms with Gasteiger partial charge in [-0.2, -0.15) is 0 Å². The van der Waals surface area contributed by atoms with Gasteiger partial charge in [-0.25, -0.2) is 0 Å². The van der Waals surface area contributed by atoms with Gasteiger partial charge in [0.15, 0.2) is 0 Å². The first kappa shape index (κ1) is 21.8. The van der Waals surface area contributed by atoms with E-state index in [-0.39, 0.29) is 56.5 Å². The minimum Gasteiger partial charge on any atom is -0.460 e. The predicted molar refractivity (Wildman–Crippen MR) is 107 cm³/mol. The second-order valence-corrected chi connectivity index (χ2v) is 8.83. The van der Waals surface area contributed by atoms with E-state index in [0.717, 1.165) is 0 Å². The third-order valence-electron chi connectivity index (χ3n) is 4.77. The molecule has 0 unspecified atom stereocenters. The van der Waals surface area contributed by atoms with Crippen LogP contribution in [0.3, 0.4) is 0 Å². The fraction of sp³-hybridized carbons (Fsp3) is 0.526. The van der Waals surface area contributed by atoms with Crippen molar-refractivity contribution in [2.24, 2.45) is 17.3 Å². The van der Waals surface area contributed by atoms with E-state index >= 15 is 0 Å². The molecule has 0 saturated heterocycles. The van der Waals surface area contributed by atoms with E-state index in [4.69, 9.17) is 55.9 Å². The van der Waals surface area contributed by atoms with E-state index in [1.807, 2.05) is 13.8 Å². The van der Waals surface area contributed by atoms with Crippen molar-refractivity contribution in [1.29, 1.82) is 0 Å². The second kappa shape index (κ2) is 8.28. The van der Waals surface area contributed by atoms with Crippen LogP contribution in [0.4, 0.5) is 0 Å². The molecule has 3 nitrogen and oxygen atoms in total. The van der Waals surface area contributed by atoms with Gasteiger partial charge in [0.25, 0.3) is 0 Å². The summed E-state index contributed by atoms with van der Waals surface area (Å²) < 4.78 is 10.6. The number of allylic oxidation sites excluding steroid dienone is 2. The van der Waals surface area contributed by atoms with Crippen molar-refractivity contribution >= 4 is 52.4 Å². The van der Waals surface area contributed by atoms with E-state index < -0.39 is 0 Å². The van der Waals surface area contributed by atoms with Gasteiger partial charge in [0.05, 0.1) is 32.6 Å². The third kappa shape index (κ3) is 4.18. The van der Waals surface area contributed by atoms with Crippen molar-refractivity contribution in [3.8, 4) is 0 Å². The molecule has 144 valence electrons. The molecule has 1 aliphatic rings. The number of ether oxygens (including phenoxy) is 2. The molecule has 2 atom stereocenters. The van der Waals surface area contributed by atoms with E-state index in [1.165, 1.54) is 12.7 Å². The number of benzene rings is 1. The van der Waals surface area contributed by atoms with E-state index in [2.05, 4.69) is 19.9 Å². The van der Waals surface area contributed by atoms with E-state index in [9.17, 15) is 4.79 Å². The summed E-state index contributed by atoms with van der Waals surface area (Å²) in [6.45, 7) is 8.23. The monoisotopic (exact) mass is 438 g/mol. The molecule has 26 heavy (non-hydrogen) atoms. The van der Waals surface area contributed by atoms with Crippen LogP contribution >= 0.6 is 46.4 Å². The van der Waals surface area contributed by atoms with Crippen molar-refractivity contribution in [1.82, 2.24) is 0 Å². The lowest BCUT2D eigenvalue weighted by atomic mass is 10.1. The van der Waals surface area contributed by atoms with Gasteiger partial charge < -0.3 is 9.47 Å². The molecule has 0 radical (unpaired) electrons. The normalized spacial score (nSPS) is 20.7. The molecule has 1 saturated carbocycles. The van der Waals surface area contributed by atoms with Crippen LogP contribution < -0.4 is 0 Å². The SMILES string of the molecule is COCc1c(Cl)c(Cl)c(COC(=O)[C@@H]2[C@@H](C=C(C)C)C2(C)C)c(Cl)c1Cl. The number of hydrogen-bond acceptors (Lipinski definition) is 3. The van der Waals surface area contributed by atoms with Crippen LogP contribution in [0.15, 0.2) is 11.6 Å². The number of rotatable bonds is 6. The van der Waals surface area contributed by atoms with Crippen LogP contribution in [0.2, 0.25) is 20.1 Å². The second-order valence-electron chi connectivity index (χ2n) is 7.32. The van der Waals surface area contributed by atoms with Gasteiger partial charge in [-0.05, 0) is 25.2 Å². The first-order chi connectivity index (χ1) is 12.0. The molecule has 0 spiro atoms. The number of halogens is 4. The molecule has 0 aliphatic heterocycles. The fourth-order valence-corrected chi connectivity index (χ4v) is 4.30. The van der Waals surface area contributed by atoms with Gasteiger partial charge in [0.2, 0.25) is 0 Å². The molecule has 1 fully saturated rings. The Hall–Kier alpha value is -0.450. The highest BCUT2D eigenvalue weighted by Crippen LogP contribution is 2.60. The van der Waals surface area contributed by atoms with Crippen LogP contribution in [0, 0.1) is 17.3 Å². The first-order valence-electron chi connectivity index (χ1n) is 8.18. The van der Waals surface area contributed by atoms with Gasteiger partial charge in [-0.3, -0.25) is 4.79 Å². The lowest BCUT2D eigenvalue weighted by Crippen LogP contribution is -2.11. The average Bonchev–Trinajstić information content (AvgIpc) is 3.09. The summed E-state index contributed by atoms with van der Waals surface area (Å²) in [5, 5.41) is 0.944. The molecule has 0 amide bonds. The summed E-state index contributed by atoms with van der Waals surface area (Å²) in [5.74, 6) is -0.297. The van der Waals surface area contributed by atoms with Crippen molar-refractivity contribution in [3.05, 3.63) is 42.9 Å². The van der Waals surface area contributed by atoms with Gasteiger partial charge in [0.1, 0.15) is 6.61 Å². The Kier molecular flexibility index (Phi) is 6.96. The molecule has 0 N–H and O–H groups in total. The zero-order valence-electron chi connectivity index (χ0n) is 15.4.